The van der Waals surface area contributed by atoms with Gasteiger partial charge in [-0.05, 0) is 29.8 Å². The summed E-state index contributed by atoms with van der Waals surface area (Å²) in [5, 5.41) is 8.16. The third-order valence-electron chi connectivity index (χ3n) is 2.44. The van der Waals surface area contributed by atoms with E-state index in [9.17, 15) is 0 Å². The molecule has 2 aromatic carbocycles. The predicted octanol–water partition coefficient (Wildman–Crippen LogP) is 3.92. The van der Waals surface area contributed by atoms with Crippen LogP contribution < -0.4 is 5.73 Å². The third kappa shape index (κ3) is 3.52. The molecule has 0 radical (unpaired) electrons. The lowest BCUT2D eigenvalue weighted by Gasteiger charge is -2.04. The second-order valence-corrected chi connectivity index (χ2v) is 5.35. The Bertz CT molecular complexity index is 569. The summed E-state index contributed by atoms with van der Waals surface area (Å²) < 4.78 is 0. The van der Waals surface area contributed by atoms with Crippen molar-refractivity contribution in [2.75, 3.05) is 0 Å². The molecular formula is C14H13ClN2S. The number of nitrogens with two attached hydrogens (primary N) is 1. The number of thioether (sulfide) groups is 1. The van der Waals surface area contributed by atoms with Crippen LogP contribution in [0, 0.1) is 5.41 Å². The van der Waals surface area contributed by atoms with Gasteiger partial charge in [0.05, 0.1) is 0 Å². The highest BCUT2D eigenvalue weighted by molar-refractivity contribution is 7.98. The molecule has 0 heterocycles. The molecule has 0 aliphatic heterocycles. The van der Waals surface area contributed by atoms with Crippen molar-refractivity contribution in [3.63, 3.8) is 0 Å². The summed E-state index contributed by atoms with van der Waals surface area (Å²) in [6.45, 7) is 0. The van der Waals surface area contributed by atoms with Crippen LogP contribution in [0.15, 0.2) is 53.4 Å². The number of hydrogen-bond donors (Lipinski definition) is 2. The maximum Gasteiger partial charge on any atom is 0.122 e. The molecule has 0 fully saturated rings. The van der Waals surface area contributed by atoms with Gasteiger partial charge < -0.3 is 5.73 Å². The van der Waals surface area contributed by atoms with Crippen LogP contribution in [0.1, 0.15) is 11.1 Å². The Labute approximate surface area is 116 Å². The normalized spacial score (nSPS) is 10.3. The van der Waals surface area contributed by atoms with Crippen molar-refractivity contribution in [2.45, 2.75) is 10.6 Å². The molecule has 2 nitrogen and oxygen atoms in total. The highest BCUT2D eigenvalue weighted by atomic mass is 35.5. The highest BCUT2D eigenvalue weighted by Crippen LogP contribution is 2.25. The van der Waals surface area contributed by atoms with Crippen LogP contribution in [0.4, 0.5) is 0 Å². The van der Waals surface area contributed by atoms with E-state index in [1.54, 1.807) is 11.8 Å². The minimum atomic E-state index is 0.101. The molecule has 0 aliphatic rings. The van der Waals surface area contributed by atoms with E-state index in [4.69, 9.17) is 22.7 Å². The van der Waals surface area contributed by atoms with E-state index in [1.807, 2.05) is 48.5 Å². The van der Waals surface area contributed by atoms with Gasteiger partial charge in [0.1, 0.15) is 5.84 Å². The fourth-order valence-electron chi connectivity index (χ4n) is 1.55. The van der Waals surface area contributed by atoms with Gasteiger partial charge in [-0.3, -0.25) is 5.41 Å². The molecule has 0 saturated carbocycles. The van der Waals surface area contributed by atoms with Crippen molar-refractivity contribution in [3.05, 3.63) is 64.7 Å². The van der Waals surface area contributed by atoms with Crippen molar-refractivity contribution >= 4 is 29.2 Å². The average Bonchev–Trinajstić information content (AvgIpc) is 2.37. The first kappa shape index (κ1) is 13.0. The smallest absolute Gasteiger partial charge is 0.122 e. The van der Waals surface area contributed by atoms with Crippen LogP contribution in [-0.4, -0.2) is 5.84 Å². The van der Waals surface area contributed by atoms with E-state index < -0.39 is 0 Å². The van der Waals surface area contributed by atoms with Gasteiger partial charge in [0, 0.05) is 21.2 Å². The number of hydrogen-bond acceptors (Lipinski definition) is 2. The molecule has 0 saturated heterocycles. The summed E-state index contributed by atoms with van der Waals surface area (Å²) in [6, 6.07) is 15.5. The quantitative estimate of drug-likeness (QED) is 0.505. The number of benzene rings is 2. The fraction of sp³-hybridized carbons (Fsp3) is 0.0714. The number of rotatable bonds is 4. The van der Waals surface area contributed by atoms with E-state index in [2.05, 4.69) is 0 Å². The molecule has 2 rings (SSSR count). The minimum Gasteiger partial charge on any atom is -0.384 e. The van der Waals surface area contributed by atoms with Crippen molar-refractivity contribution in [3.8, 4) is 0 Å². The number of amidine groups is 1. The second kappa shape index (κ2) is 5.94. The molecule has 0 spiro atoms. The Morgan fingerprint density at radius 2 is 1.94 bits per heavy atom. The van der Waals surface area contributed by atoms with E-state index in [0.29, 0.717) is 0 Å². The molecule has 0 aliphatic carbocycles. The highest BCUT2D eigenvalue weighted by Gasteiger charge is 2.00. The van der Waals surface area contributed by atoms with Gasteiger partial charge in [0.25, 0.3) is 0 Å². The zero-order valence-corrected chi connectivity index (χ0v) is 11.3. The first-order valence-electron chi connectivity index (χ1n) is 5.47. The Morgan fingerprint density at radius 1 is 1.17 bits per heavy atom. The Hall–Kier alpha value is -1.45. The van der Waals surface area contributed by atoms with Crippen molar-refractivity contribution in [1.29, 1.82) is 5.41 Å². The van der Waals surface area contributed by atoms with Gasteiger partial charge in [-0.15, -0.1) is 11.8 Å². The first-order chi connectivity index (χ1) is 8.65. The molecule has 0 atom stereocenters. The third-order valence-corrected chi connectivity index (χ3v) is 3.74. The average molecular weight is 277 g/mol. The van der Waals surface area contributed by atoms with Crippen LogP contribution in [0.3, 0.4) is 0 Å². The summed E-state index contributed by atoms with van der Waals surface area (Å²) in [5.74, 6) is 0.936. The van der Waals surface area contributed by atoms with Crippen LogP contribution in [0.5, 0.6) is 0 Å². The van der Waals surface area contributed by atoms with Crippen molar-refractivity contribution in [1.82, 2.24) is 0 Å². The zero-order chi connectivity index (χ0) is 13.0. The number of nitrogens with one attached hydrogen (secondary N) is 1. The van der Waals surface area contributed by atoms with Crippen LogP contribution in [0.25, 0.3) is 0 Å². The van der Waals surface area contributed by atoms with Gasteiger partial charge in [-0.1, -0.05) is 35.9 Å². The predicted molar refractivity (Wildman–Crippen MR) is 78.5 cm³/mol. The molecule has 0 bridgehead atoms. The van der Waals surface area contributed by atoms with Gasteiger partial charge in [0.2, 0.25) is 0 Å². The van der Waals surface area contributed by atoms with Gasteiger partial charge in [-0.2, -0.15) is 0 Å². The molecule has 18 heavy (non-hydrogen) atoms. The number of nitrogen functional groups attached to an aromatic ring is 1. The van der Waals surface area contributed by atoms with Crippen LogP contribution >= 0.6 is 23.4 Å². The maximum atomic E-state index is 7.41. The van der Waals surface area contributed by atoms with Gasteiger partial charge in [-0.25, -0.2) is 0 Å². The van der Waals surface area contributed by atoms with E-state index in [0.717, 1.165) is 26.8 Å². The summed E-state index contributed by atoms with van der Waals surface area (Å²) in [6.07, 6.45) is 0. The molecule has 0 aromatic heterocycles. The van der Waals surface area contributed by atoms with Crippen molar-refractivity contribution < 1.29 is 0 Å². The van der Waals surface area contributed by atoms with Crippen LogP contribution in [-0.2, 0) is 5.75 Å². The van der Waals surface area contributed by atoms with Gasteiger partial charge >= 0.3 is 0 Å². The summed E-state index contributed by atoms with van der Waals surface area (Å²) in [7, 11) is 0. The number of halogens is 1. The molecule has 92 valence electrons. The molecule has 0 unspecified atom stereocenters. The maximum absolute atomic E-state index is 7.41. The Kier molecular flexibility index (Phi) is 4.28. The lowest BCUT2D eigenvalue weighted by Crippen LogP contribution is -2.10. The molecule has 4 heteroatoms. The summed E-state index contributed by atoms with van der Waals surface area (Å²) in [5.41, 5.74) is 7.38. The van der Waals surface area contributed by atoms with E-state index in [1.165, 1.54) is 0 Å². The first-order valence-corrected chi connectivity index (χ1v) is 6.83. The minimum absolute atomic E-state index is 0.101. The molecule has 3 N–H and O–H groups in total. The topological polar surface area (TPSA) is 49.9 Å². The SMILES string of the molecule is N=C(N)c1cccc(CSc2cccc(Cl)c2)c1. The summed E-state index contributed by atoms with van der Waals surface area (Å²) >= 11 is 7.65. The fourth-order valence-corrected chi connectivity index (χ4v) is 2.71. The standard InChI is InChI=1S/C14H13ClN2S/c15-12-5-2-6-13(8-12)18-9-10-3-1-4-11(7-10)14(16)17/h1-8H,9H2,(H3,16,17). The van der Waals surface area contributed by atoms with Crippen molar-refractivity contribution in [2.24, 2.45) is 5.73 Å². The van der Waals surface area contributed by atoms with Crippen LogP contribution in [0.2, 0.25) is 5.02 Å². The lowest BCUT2D eigenvalue weighted by molar-refractivity contribution is 1.35. The largest absolute Gasteiger partial charge is 0.384 e. The Balaban J connectivity index is 2.06. The summed E-state index contributed by atoms with van der Waals surface area (Å²) in [4.78, 5) is 1.13. The van der Waals surface area contributed by atoms with E-state index in [-0.39, 0.29) is 5.84 Å². The zero-order valence-electron chi connectivity index (χ0n) is 9.69. The molecular weight excluding hydrogens is 264 g/mol. The second-order valence-electron chi connectivity index (χ2n) is 3.86. The van der Waals surface area contributed by atoms with E-state index >= 15 is 0 Å². The lowest BCUT2D eigenvalue weighted by atomic mass is 10.1. The Morgan fingerprint density at radius 3 is 2.67 bits per heavy atom. The van der Waals surface area contributed by atoms with Gasteiger partial charge in [0.15, 0.2) is 0 Å². The monoisotopic (exact) mass is 276 g/mol. The molecule has 0 amide bonds. The molecule has 2 aromatic rings.